The molecule has 1 aliphatic rings. The Kier molecular flexibility index (Phi) is 6.88. The first kappa shape index (κ1) is 21.4. The second kappa shape index (κ2) is 9.97. The van der Waals surface area contributed by atoms with Gasteiger partial charge in [0.2, 0.25) is 5.91 Å². The zero-order chi connectivity index (χ0) is 21.6. The van der Waals surface area contributed by atoms with Crippen LogP contribution in [0.3, 0.4) is 0 Å². The lowest BCUT2D eigenvalue weighted by Gasteiger charge is -2.31. The second-order valence-corrected chi connectivity index (χ2v) is 8.70. The van der Waals surface area contributed by atoms with E-state index in [0.29, 0.717) is 19.0 Å². The quantitative estimate of drug-likeness (QED) is 0.517. The van der Waals surface area contributed by atoms with Crippen LogP contribution in [0.2, 0.25) is 0 Å². The minimum absolute atomic E-state index is 0.0852. The summed E-state index contributed by atoms with van der Waals surface area (Å²) in [4.78, 5) is 18.3. The van der Waals surface area contributed by atoms with Crippen LogP contribution in [-0.4, -0.2) is 42.0 Å². The fourth-order valence-corrected chi connectivity index (χ4v) is 4.64. The highest BCUT2D eigenvalue weighted by atomic mass is 16.1. The van der Waals surface area contributed by atoms with Crippen molar-refractivity contribution in [2.45, 2.75) is 44.6 Å². The van der Waals surface area contributed by atoms with Crippen molar-refractivity contribution < 1.29 is 4.79 Å². The van der Waals surface area contributed by atoms with Crippen LogP contribution in [-0.2, 0) is 11.2 Å². The molecule has 1 aromatic heterocycles. The zero-order valence-electron chi connectivity index (χ0n) is 18.5. The Hall–Kier alpha value is -2.85. The molecule has 2 aromatic carbocycles. The molecule has 0 bridgehead atoms. The number of aromatic amines is 1. The monoisotopic (exact) mass is 415 g/mol. The van der Waals surface area contributed by atoms with Crippen LogP contribution in [0.15, 0.2) is 55.2 Å². The number of amides is 1. The molecule has 4 nitrogen and oxygen atoms in total. The number of hydrogen-bond donors (Lipinski definition) is 2. The van der Waals surface area contributed by atoms with E-state index in [-0.39, 0.29) is 5.91 Å². The first-order valence-corrected chi connectivity index (χ1v) is 11.4. The Labute approximate surface area is 185 Å². The third kappa shape index (κ3) is 5.26. The zero-order valence-corrected chi connectivity index (χ0v) is 18.5. The number of H-pyrrole nitrogens is 1. The smallest absolute Gasteiger partial charge is 0.224 e. The first-order chi connectivity index (χ1) is 15.1. The Morgan fingerprint density at radius 3 is 2.61 bits per heavy atom. The molecule has 1 heterocycles. The summed E-state index contributed by atoms with van der Waals surface area (Å²) >= 11 is 0. The van der Waals surface area contributed by atoms with Gasteiger partial charge >= 0.3 is 0 Å². The SMILES string of the molecule is C=Cc1ccc(-c2ccc3c(CC(=O)NCCN(C)C4CCCCC4)c[nH]c3c2)cc1. The summed E-state index contributed by atoms with van der Waals surface area (Å²) in [6, 6.07) is 15.4. The van der Waals surface area contributed by atoms with E-state index in [9.17, 15) is 4.79 Å². The summed E-state index contributed by atoms with van der Waals surface area (Å²) in [5.74, 6) is 0.0852. The van der Waals surface area contributed by atoms with E-state index in [2.05, 4.69) is 71.3 Å². The number of likely N-dealkylation sites (N-methyl/N-ethyl adjacent to an activating group) is 1. The number of carbonyl (C=O) groups excluding carboxylic acids is 1. The minimum atomic E-state index is 0.0852. The fraction of sp³-hybridized carbons (Fsp3) is 0.370. The molecule has 162 valence electrons. The third-order valence-electron chi connectivity index (χ3n) is 6.58. The van der Waals surface area contributed by atoms with Gasteiger partial charge in [0.25, 0.3) is 0 Å². The largest absolute Gasteiger partial charge is 0.361 e. The molecule has 0 unspecified atom stereocenters. The lowest BCUT2D eigenvalue weighted by molar-refractivity contribution is -0.120. The maximum Gasteiger partial charge on any atom is 0.224 e. The molecule has 2 N–H and O–H groups in total. The number of aromatic nitrogens is 1. The van der Waals surface area contributed by atoms with Crippen molar-refractivity contribution in [3.63, 3.8) is 0 Å². The number of benzene rings is 2. The average molecular weight is 416 g/mol. The van der Waals surface area contributed by atoms with Gasteiger partial charge in [-0.2, -0.15) is 0 Å². The molecule has 0 radical (unpaired) electrons. The number of nitrogens with zero attached hydrogens (tertiary/aromatic N) is 1. The van der Waals surface area contributed by atoms with Crippen LogP contribution in [0.5, 0.6) is 0 Å². The van der Waals surface area contributed by atoms with Crippen molar-refractivity contribution in [1.82, 2.24) is 15.2 Å². The first-order valence-electron chi connectivity index (χ1n) is 11.4. The highest BCUT2D eigenvalue weighted by Gasteiger charge is 2.17. The van der Waals surface area contributed by atoms with Crippen molar-refractivity contribution >= 4 is 22.9 Å². The molecule has 4 rings (SSSR count). The number of nitrogens with one attached hydrogen (secondary N) is 2. The summed E-state index contributed by atoms with van der Waals surface area (Å²) in [6.45, 7) is 5.43. The van der Waals surface area contributed by atoms with E-state index in [1.165, 1.54) is 37.7 Å². The van der Waals surface area contributed by atoms with E-state index >= 15 is 0 Å². The molecule has 31 heavy (non-hydrogen) atoms. The highest BCUT2D eigenvalue weighted by molar-refractivity contribution is 5.91. The predicted octanol–water partition coefficient (Wildman–Crippen LogP) is 5.40. The van der Waals surface area contributed by atoms with Gasteiger partial charge in [-0.05, 0) is 48.2 Å². The molecular weight excluding hydrogens is 382 g/mol. The Morgan fingerprint density at radius 1 is 1.13 bits per heavy atom. The molecule has 1 aliphatic carbocycles. The van der Waals surface area contributed by atoms with Gasteiger partial charge in [-0.1, -0.05) is 68.3 Å². The van der Waals surface area contributed by atoms with Crippen LogP contribution < -0.4 is 5.32 Å². The normalized spacial score (nSPS) is 14.8. The molecular formula is C27H33N3O. The predicted molar refractivity (Wildman–Crippen MR) is 130 cm³/mol. The van der Waals surface area contributed by atoms with E-state index in [0.717, 1.165) is 34.1 Å². The number of fused-ring (bicyclic) bond motifs is 1. The number of carbonyl (C=O) groups is 1. The second-order valence-electron chi connectivity index (χ2n) is 8.70. The van der Waals surface area contributed by atoms with Gasteiger partial charge in [0.15, 0.2) is 0 Å². The van der Waals surface area contributed by atoms with Gasteiger partial charge in [0.1, 0.15) is 0 Å². The minimum Gasteiger partial charge on any atom is -0.361 e. The average Bonchev–Trinajstić information content (AvgIpc) is 3.21. The van der Waals surface area contributed by atoms with Crippen LogP contribution in [0.4, 0.5) is 0 Å². The topological polar surface area (TPSA) is 48.1 Å². The van der Waals surface area contributed by atoms with Crippen LogP contribution in [0.25, 0.3) is 28.1 Å². The maximum atomic E-state index is 12.5. The van der Waals surface area contributed by atoms with E-state index < -0.39 is 0 Å². The highest BCUT2D eigenvalue weighted by Crippen LogP contribution is 2.27. The molecule has 1 fully saturated rings. The molecule has 1 amide bonds. The van der Waals surface area contributed by atoms with Gasteiger partial charge in [0, 0.05) is 36.2 Å². The summed E-state index contributed by atoms with van der Waals surface area (Å²) < 4.78 is 0. The summed E-state index contributed by atoms with van der Waals surface area (Å²) in [5, 5.41) is 4.21. The molecule has 1 saturated carbocycles. The van der Waals surface area contributed by atoms with Crippen molar-refractivity contribution in [1.29, 1.82) is 0 Å². The van der Waals surface area contributed by atoms with Gasteiger partial charge < -0.3 is 15.2 Å². The standard InChI is InChI=1S/C27H33N3O/c1-3-20-9-11-21(12-10-20)22-13-14-25-23(19-29-26(25)17-22)18-27(31)28-15-16-30(2)24-7-5-4-6-8-24/h3,9-14,17,19,24,29H,1,4-8,15-16,18H2,2H3,(H,28,31). The van der Waals surface area contributed by atoms with E-state index in [4.69, 9.17) is 0 Å². The molecule has 0 atom stereocenters. The van der Waals surface area contributed by atoms with Gasteiger partial charge in [-0.25, -0.2) is 0 Å². The molecule has 0 aliphatic heterocycles. The lowest BCUT2D eigenvalue weighted by Crippen LogP contribution is -2.39. The van der Waals surface area contributed by atoms with Gasteiger partial charge in [0.05, 0.1) is 6.42 Å². The summed E-state index contributed by atoms with van der Waals surface area (Å²) in [7, 11) is 2.18. The summed E-state index contributed by atoms with van der Waals surface area (Å²) in [6.07, 6.45) is 10.8. The van der Waals surface area contributed by atoms with Crippen molar-refractivity contribution in [3.05, 3.63) is 66.4 Å². The number of hydrogen-bond acceptors (Lipinski definition) is 2. The van der Waals surface area contributed by atoms with Gasteiger partial charge in [-0.3, -0.25) is 4.79 Å². The van der Waals surface area contributed by atoms with Crippen molar-refractivity contribution in [2.75, 3.05) is 20.1 Å². The van der Waals surface area contributed by atoms with Crippen LogP contribution in [0, 0.1) is 0 Å². The van der Waals surface area contributed by atoms with Crippen molar-refractivity contribution in [2.24, 2.45) is 0 Å². The lowest BCUT2D eigenvalue weighted by atomic mass is 9.94. The Bertz CT molecular complexity index is 1030. The van der Waals surface area contributed by atoms with Crippen molar-refractivity contribution in [3.8, 4) is 11.1 Å². The third-order valence-corrected chi connectivity index (χ3v) is 6.58. The van der Waals surface area contributed by atoms with E-state index in [1.807, 2.05) is 12.3 Å². The number of rotatable bonds is 8. The van der Waals surface area contributed by atoms with Crippen LogP contribution in [0.1, 0.15) is 43.2 Å². The molecule has 0 spiro atoms. The molecule has 3 aromatic rings. The Morgan fingerprint density at radius 2 is 1.87 bits per heavy atom. The van der Waals surface area contributed by atoms with Crippen LogP contribution >= 0.6 is 0 Å². The maximum absolute atomic E-state index is 12.5. The molecule has 0 saturated heterocycles. The molecule has 4 heteroatoms. The fourth-order valence-electron chi connectivity index (χ4n) is 4.64. The van der Waals surface area contributed by atoms with Gasteiger partial charge in [-0.15, -0.1) is 0 Å². The van der Waals surface area contributed by atoms with E-state index in [1.54, 1.807) is 0 Å². The Balaban J connectivity index is 1.33. The summed E-state index contributed by atoms with van der Waals surface area (Å²) in [5.41, 5.74) is 5.55.